The first-order valence-corrected chi connectivity index (χ1v) is 5.32. The Morgan fingerprint density at radius 3 is 2.88 bits per heavy atom. The van der Waals surface area contributed by atoms with E-state index in [1.165, 1.54) is 6.20 Å². The average Bonchev–Trinajstić information content (AvgIpc) is 2.75. The highest BCUT2D eigenvalue weighted by Crippen LogP contribution is 2.24. The molecular weight excluding hydrogens is 272 g/mol. The zero-order valence-electron chi connectivity index (χ0n) is 8.20. The minimum absolute atomic E-state index is 0.247. The van der Waals surface area contributed by atoms with Crippen molar-refractivity contribution in [1.29, 1.82) is 0 Å². The lowest BCUT2D eigenvalue weighted by atomic mass is 10.3. The molecule has 16 heavy (non-hydrogen) atoms. The number of rotatable bonds is 2. The van der Waals surface area contributed by atoms with Crippen LogP contribution >= 0.6 is 15.9 Å². The van der Waals surface area contributed by atoms with Crippen molar-refractivity contribution in [3.8, 4) is 0 Å². The number of nitrogens with two attached hydrogens (primary N) is 1. The van der Waals surface area contributed by atoms with Crippen LogP contribution in [0.1, 0.15) is 10.5 Å². The molecule has 1 aromatic heterocycles. The maximum atomic E-state index is 11.7. The normalized spacial score (nSPS) is 10.1. The number of H-pyrrole nitrogens is 1. The minimum atomic E-state index is -0.247. The number of aromatic amines is 1. The molecule has 0 aliphatic heterocycles. The van der Waals surface area contributed by atoms with Crippen LogP contribution in [0.25, 0.3) is 0 Å². The average molecular weight is 281 g/mol. The Hall–Kier alpha value is -1.82. The van der Waals surface area contributed by atoms with Crippen molar-refractivity contribution in [2.75, 3.05) is 11.1 Å². The van der Waals surface area contributed by atoms with E-state index >= 15 is 0 Å². The van der Waals surface area contributed by atoms with Crippen LogP contribution in [-0.2, 0) is 0 Å². The molecule has 0 atom stereocenters. The second kappa shape index (κ2) is 4.36. The van der Waals surface area contributed by atoms with Gasteiger partial charge in [-0.2, -0.15) is 5.10 Å². The van der Waals surface area contributed by atoms with E-state index in [2.05, 4.69) is 31.4 Å². The number of aromatic nitrogens is 2. The third-order valence-corrected chi connectivity index (χ3v) is 2.64. The van der Waals surface area contributed by atoms with Gasteiger partial charge < -0.3 is 11.1 Å². The summed E-state index contributed by atoms with van der Waals surface area (Å²) in [5.41, 5.74) is 7.29. The zero-order chi connectivity index (χ0) is 11.5. The molecule has 6 heteroatoms. The van der Waals surface area contributed by atoms with E-state index in [1.807, 2.05) is 0 Å². The molecule has 0 bridgehead atoms. The summed E-state index contributed by atoms with van der Waals surface area (Å²) in [5, 5.41) is 9.02. The maximum Gasteiger partial charge on any atom is 0.273 e. The number of carbonyl (C=O) groups is 1. The van der Waals surface area contributed by atoms with E-state index in [4.69, 9.17) is 5.73 Å². The Bertz CT molecular complexity index is 510. The Morgan fingerprint density at radius 2 is 2.25 bits per heavy atom. The van der Waals surface area contributed by atoms with Crippen LogP contribution in [0.5, 0.6) is 0 Å². The summed E-state index contributed by atoms with van der Waals surface area (Å²) in [6.45, 7) is 0. The van der Waals surface area contributed by atoms with Crippen molar-refractivity contribution in [3.05, 3.63) is 40.6 Å². The van der Waals surface area contributed by atoms with Gasteiger partial charge in [-0.05, 0) is 40.2 Å². The van der Waals surface area contributed by atoms with Crippen LogP contribution in [0.3, 0.4) is 0 Å². The van der Waals surface area contributed by atoms with Gasteiger partial charge in [-0.3, -0.25) is 9.89 Å². The molecule has 4 N–H and O–H groups in total. The maximum absolute atomic E-state index is 11.7. The SMILES string of the molecule is Nc1ccc(NC(=O)c2ccn[nH]2)c(Br)c1. The van der Waals surface area contributed by atoms with Crippen molar-refractivity contribution < 1.29 is 4.79 Å². The third kappa shape index (κ3) is 2.22. The second-order valence-electron chi connectivity index (χ2n) is 3.16. The monoisotopic (exact) mass is 280 g/mol. The number of benzene rings is 1. The first-order chi connectivity index (χ1) is 7.66. The Labute approximate surface area is 100 Å². The lowest BCUT2D eigenvalue weighted by Crippen LogP contribution is -2.12. The summed E-state index contributed by atoms with van der Waals surface area (Å²) in [6, 6.07) is 6.77. The van der Waals surface area contributed by atoms with E-state index in [9.17, 15) is 4.79 Å². The smallest absolute Gasteiger partial charge is 0.273 e. The Kier molecular flexibility index (Phi) is 2.91. The number of nitrogens with zero attached hydrogens (tertiary/aromatic N) is 1. The van der Waals surface area contributed by atoms with Crippen LogP contribution in [0.4, 0.5) is 11.4 Å². The van der Waals surface area contributed by atoms with E-state index in [-0.39, 0.29) is 5.91 Å². The fourth-order valence-corrected chi connectivity index (χ4v) is 1.70. The van der Waals surface area contributed by atoms with Crippen molar-refractivity contribution in [3.63, 3.8) is 0 Å². The summed E-state index contributed by atoms with van der Waals surface area (Å²) in [7, 11) is 0. The van der Waals surface area contributed by atoms with Gasteiger partial charge in [0.25, 0.3) is 5.91 Å². The molecule has 2 rings (SSSR count). The van der Waals surface area contributed by atoms with Crippen LogP contribution in [0, 0.1) is 0 Å². The van der Waals surface area contributed by atoms with Gasteiger partial charge in [0.2, 0.25) is 0 Å². The third-order valence-electron chi connectivity index (χ3n) is 1.99. The number of hydrogen-bond acceptors (Lipinski definition) is 3. The molecule has 0 saturated heterocycles. The van der Waals surface area contributed by atoms with Gasteiger partial charge in [-0.25, -0.2) is 0 Å². The van der Waals surface area contributed by atoms with E-state index < -0.39 is 0 Å². The first kappa shape index (κ1) is 10.7. The van der Waals surface area contributed by atoms with Gasteiger partial charge in [-0.1, -0.05) is 0 Å². The molecular formula is C10H9BrN4O. The number of amides is 1. The van der Waals surface area contributed by atoms with Gasteiger partial charge in [0.05, 0.1) is 5.69 Å². The van der Waals surface area contributed by atoms with Crippen LogP contribution in [0.2, 0.25) is 0 Å². The summed E-state index contributed by atoms with van der Waals surface area (Å²) in [6.07, 6.45) is 1.52. The summed E-state index contributed by atoms with van der Waals surface area (Å²) >= 11 is 3.32. The predicted octanol–water partition coefficient (Wildman–Crippen LogP) is 2.01. The van der Waals surface area contributed by atoms with Crippen LogP contribution in [-0.4, -0.2) is 16.1 Å². The quantitative estimate of drug-likeness (QED) is 0.736. The molecule has 0 unspecified atom stereocenters. The van der Waals surface area contributed by atoms with Gasteiger partial charge in [-0.15, -0.1) is 0 Å². The number of hydrogen-bond donors (Lipinski definition) is 3. The van der Waals surface area contributed by atoms with Crippen LogP contribution < -0.4 is 11.1 Å². The highest BCUT2D eigenvalue weighted by atomic mass is 79.9. The van der Waals surface area contributed by atoms with E-state index in [0.717, 1.165) is 4.47 Å². The summed E-state index contributed by atoms with van der Waals surface area (Å²) in [4.78, 5) is 11.7. The molecule has 0 spiro atoms. The van der Waals surface area contributed by atoms with Crippen molar-refractivity contribution >= 4 is 33.2 Å². The lowest BCUT2D eigenvalue weighted by molar-refractivity contribution is 0.102. The van der Waals surface area contributed by atoms with Crippen LogP contribution in [0.15, 0.2) is 34.9 Å². The van der Waals surface area contributed by atoms with Crippen molar-refractivity contribution in [2.45, 2.75) is 0 Å². The number of nitrogens with one attached hydrogen (secondary N) is 2. The molecule has 0 aliphatic carbocycles. The molecule has 0 saturated carbocycles. The molecule has 0 radical (unpaired) electrons. The largest absolute Gasteiger partial charge is 0.399 e. The standard InChI is InChI=1S/C10H9BrN4O/c11-7-5-6(12)1-2-8(7)14-10(16)9-3-4-13-15-9/h1-5H,12H2,(H,13,15)(H,14,16). The molecule has 1 heterocycles. The van der Waals surface area contributed by atoms with E-state index in [1.54, 1.807) is 24.3 Å². The van der Waals surface area contributed by atoms with Gasteiger partial charge in [0.15, 0.2) is 0 Å². The fourth-order valence-electron chi connectivity index (χ4n) is 1.20. The molecule has 0 aliphatic rings. The highest BCUT2D eigenvalue weighted by molar-refractivity contribution is 9.10. The van der Waals surface area contributed by atoms with Gasteiger partial charge >= 0.3 is 0 Å². The first-order valence-electron chi connectivity index (χ1n) is 4.52. The molecule has 1 amide bonds. The summed E-state index contributed by atoms with van der Waals surface area (Å²) < 4.78 is 0.736. The number of carbonyl (C=O) groups excluding carboxylic acids is 1. The Morgan fingerprint density at radius 1 is 1.44 bits per heavy atom. The lowest BCUT2D eigenvalue weighted by Gasteiger charge is -2.06. The Balaban J connectivity index is 2.18. The molecule has 82 valence electrons. The summed E-state index contributed by atoms with van der Waals surface area (Å²) in [5.74, 6) is -0.247. The van der Waals surface area contributed by atoms with Crippen molar-refractivity contribution in [2.24, 2.45) is 0 Å². The highest BCUT2D eigenvalue weighted by Gasteiger charge is 2.08. The minimum Gasteiger partial charge on any atom is -0.399 e. The van der Waals surface area contributed by atoms with E-state index in [0.29, 0.717) is 17.1 Å². The molecule has 1 aromatic carbocycles. The molecule has 2 aromatic rings. The zero-order valence-corrected chi connectivity index (χ0v) is 9.78. The topological polar surface area (TPSA) is 83.8 Å². The molecule has 5 nitrogen and oxygen atoms in total. The van der Waals surface area contributed by atoms with Crippen molar-refractivity contribution in [1.82, 2.24) is 10.2 Å². The van der Waals surface area contributed by atoms with Gasteiger partial charge in [0, 0.05) is 16.4 Å². The number of nitrogen functional groups attached to an aromatic ring is 1. The predicted molar refractivity (Wildman–Crippen MR) is 65.1 cm³/mol. The number of halogens is 1. The second-order valence-corrected chi connectivity index (χ2v) is 4.02. The molecule has 0 fully saturated rings. The fraction of sp³-hybridized carbons (Fsp3) is 0. The van der Waals surface area contributed by atoms with Gasteiger partial charge in [0.1, 0.15) is 5.69 Å². The number of anilines is 2.